The molecular weight excluding hydrogens is 383 g/mol. The lowest BCUT2D eigenvalue weighted by Gasteiger charge is -2.36. The number of aromatic hydroxyl groups is 1. The van der Waals surface area contributed by atoms with Gasteiger partial charge in [-0.25, -0.2) is 4.39 Å². The molecule has 156 valence electrons. The van der Waals surface area contributed by atoms with Crippen LogP contribution in [-0.4, -0.2) is 47.3 Å². The maximum atomic E-state index is 12.4. The van der Waals surface area contributed by atoms with Gasteiger partial charge in [0.25, 0.3) is 0 Å². The second-order valence-electron chi connectivity index (χ2n) is 8.28. The third kappa shape index (κ3) is 3.54. The molecule has 0 spiro atoms. The van der Waals surface area contributed by atoms with Crippen LogP contribution in [0.2, 0.25) is 0 Å². The highest BCUT2D eigenvalue weighted by molar-refractivity contribution is 5.90. The Hall–Kier alpha value is -2.93. The third-order valence-corrected chi connectivity index (χ3v) is 6.43. The Kier molecular flexibility index (Phi) is 4.90. The lowest BCUT2D eigenvalue weighted by molar-refractivity contribution is 0.192. The van der Waals surface area contributed by atoms with E-state index in [0.29, 0.717) is 35.1 Å². The highest BCUT2D eigenvalue weighted by Gasteiger charge is 2.35. The van der Waals surface area contributed by atoms with Crippen LogP contribution in [0.4, 0.5) is 10.2 Å². The van der Waals surface area contributed by atoms with E-state index in [4.69, 9.17) is 4.74 Å². The summed E-state index contributed by atoms with van der Waals surface area (Å²) in [5, 5.41) is 24.7. The van der Waals surface area contributed by atoms with Crippen molar-refractivity contribution in [2.45, 2.75) is 43.8 Å². The number of nitrogens with zero attached hydrogens (tertiary/aromatic N) is 3. The molecule has 2 unspecified atom stereocenters. The third-order valence-electron chi connectivity index (χ3n) is 6.43. The number of alkyl halides is 1. The normalized spacial score (nSPS) is 22.9. The maximum absolute atomic E-state index is 12.4. The van der Waals surface area contributed by atoms with E-state index < -0.39 is 6.86 Å². The van der Waals surface area contributed by atoms with E-state index in [0.717, 1.165) is 29.4 Å². The first-order chi connectivity index (χ1) is 14.6. The molecule has 2 aliphatic heterocycles. The Morgan fingerprint density at radius 3 is 2.57 bits per heavy atom. The minimum atomic E-state index is -0.884. The number of hydrogen-bond acceptors (Lipinski definition) is 6. The second kappa shape index (κ2) is 7.72. The number of ether oxygens (including phenoxy) is 1. The van der Waals surface area contributed by atoms with Gasteiger partial charge >= 0.3 is 0 Å². The van der Waals surface area contributed by atoms with Gasteiger partial charge in [-0.2, -0.15) is 0 Å². The molecule has 2 atom stereocenters. The van der Waals surface area contributed by atoms with E-state index in [-0.39, 0.29) is 5.75 Å². The van der Waals surface area contributed by atoms with Crippen LogP contribution < -0.4 is 15.0 Å². The van der Waals surface area contributed by atoms with Crippen molar-refractivity contribution in [2.75, 3.05) is 18.8 Å². The van der Waals surface area contributed by atoms with Gasteiger partial charge in [0.05, 0.1) is 5.69 Å². The molecule has 1 aromatic heterocycles. The first-order valence-electron chi connectivity index (χ1n) is 10.4. The number of aromatic nitrogens is 2. The van der Waals surface area contributed by atoms with Gasteiger partial charge in [-0.1, -0.05) is 6.07 Å². The Labute approximate surface area is 174 Å². The molecule has 2 saturated heterocycles. The Morgan fingerprint density at radius 2 is 1.87 bits per heavy atom. The summed E-state index contributed by atoms with van der Waals surface area (Å²) in [7, 11) is 2.09. The van der Waals surface area contributed by atoms with E-state index in [1.165, 1.54) is 12.8 Å². The van der Waals surface area contributed by atoms with Gasteiger partial charge in [-0.05, 0) is 72.9 Å². The zero-order valence-electron chi connectivity index (χ0n) is 16.9. The predicted molar refractivity (Wildman–Crippen MR) is 115 cm³/mol. The number of nitrogens with one attached hydrogen (secondary N) is 1. The number of piperidine rings is 1. The number of halogens is 1. The minimum Gasteiger partial charge on any atom is -0.507 e. The van der Waals surface area contributed by atoms with Crippen LogP contribution in [0.15, 0.2) is 42.5 Å². The molecule has 0 aliphatic carbocycles. The highest BCUT2D eigenvalue weighted by atomic mass is 19.1. The molecule has 6 nitrogen and oxygen atoms in total. The van der Waals surface area contributed by atoms with Crippen molar-refractivity contribution in [1.82, 2.24) is 15.5 Å². The molecule has 0 saturated carbocycles. The summed E-state index contributed by atoms with van der Waals surface area (Å²) >= 11 is 0. The molecule has 2 bridgehead atoms. The van der Waals surface area contributed by atoms with Gasteiger partial charge in [-0.15, -0.1) is 10.2 Å². The lowest BCUT2D eigenvalue weighted by atomic mass is 9.98. The molecule has 5 rings (SSSR count). The number of phenols is 1. The average molecular weight is 408 g/mol. The smallest absolute Gasteiger partial charge is 0.228 e. The monoisotopic (exact) mass is 408 g/mol. The van der Waals surface area contributed by atoms with Crippen LogP contribution in [0.5, 0.6) is 11.5 Å². The van der Waals surface area contributed by atoms with E-state index >= 15 is 0 Å². The number of benzene rings is 2. The van der Waals surface area contributed by atoms with Crippen LogP contribution in [0, 0.1) is 0 Å². The summed E-state index contributed by atoms with van der Waals surface area (Å²) in [6.45, 7) is -0.884. The van der Waals surface area contributed by atoms with Gasteiger partial charge < -0.3 is 20.1 Å². The predicted octanol–water partition coefficient (Wildman–Crippen LogP) is 4.03. The van der Waals surface area contributed by atoms with Crippen LogP contribution in [0.25, 0.3) is 22.0 Å². The molecular formula is C23H25FN4O2. The van der Waals surface area contributed by atoms with E-state index in [1.54, 1.807) is 18.2 Å². The van der Waals surface area contributed by atoms with Gasteiger partial charge in [0.2, 0.25) is 6.86 Å². The zero-order chi connectivity index (χ0) is 20.7. The fourth-order valence-electron chi connectivity index (χ4n) is 4.81. The van der Waals surface area contributed by atoms with Crippen molar-refractivity contribution in [2.24, 2.45) is 0 Å². The largest absolute Gasteiger partial charge is 0.507 e. The van der Waals surface area contributed by atoms with Gasteiger partial charge in [-0.3, -0.25) is 0 Å². The minimum absolute atomic E-state index is 0.102. The van der Waals surface area contributed by atoms with E-state index in [2.05, 4.69) is 27.5 Å². The molecule has 7 heteroatoms. The number of phenolic OH excluding ortho intramolecular Hbond substituents is 1. The topological polar surface area (TPSA) is 70.5 Å². The molecule has 2 aromatic carbocycles. The van der Waals surface area contributed by atoms with Crippen molar-refractivity contribution < 1.29 is 14.2 Å². The molecule has 2 aliphatic rings. The first kappa shape index (κ1) is 19.1. The molecule has 0 radical (unpaired) electrons. The summed E-state index contributed by atoms with van der Waals surface area (Å²) in [5.41, 5.74) is 1.23. The average Bonchev–Trinajstić information content (AvgIpc) is 3.10. The summed E-state index contributed by atoms with van der Waals surface area (Å²) in [4.78, 5) is 2.23. The number of rotatable bonds is 5. The van der Waals surface area contributed by atoms with Crippen LogP contribution in [-0.2, 0) is 0 Å². The van der Waals surface area contributed by atoms with Crippen molar-refractivity contribution in [1.29, 1.82) is 0 Å². The number of fused-ring (bicyclic) bond motifs is 3. The summed E-state index contributed by atoms with van der Waals surface area (Å²) in [5.74, 6) is 1.37. The number of anilines is 1. The first-order valence-corrected chi connectivity index (χ1v) is 10.4. The zero-order valence-corrected chi connectivity index (χ0v) is 16.9. The molecule has 2 fully saturated rings. The van der Waals surface area contributed by atoms with Crippen molar-refractivity contribution in [3.63, 3.8) is 0 Å². The van der Waals surface area contributed by atoms with Crippen molar-refractivity contribution in [3.8, 4) is 22.8 Å². The van der Waals surface area contributed by atoms with Crippen molar-refractivity contribution in [3.05, 3.63) is 42.5 Å². The fraction of sp³-hybridized carbons (Fsp3) is 0.391. The Morgan fingerprint density at radius 1 is 1.07 bits per heavy atom. The van der Waals surface area contributed by atoms with E-state index in [1.807, 2.05) is 24.3 Å². The quantitative estimate of drug-likeness (QED) is 0.664. The Balaban J connectivity index is 1.39. The van der Waals surface area contributed by atoms with Crippen LogP contribution >= 0.6 is 0 Å². The SMILES string of the molecule is CN(c1ccc(-c2cc3ccc(OCF)cc3cc2O)nn1)C1CC2CCC(C1)N2. The van der Waals surface area contributed by atoms with Gasteiger partial charge in [0.1, 0.15) is 11.5 Å². The fourth-order valence-corrected chi connectivity index (χ4v) is 4.81. The standard InChI is InChI=1S/C23H25FN4O2/c1-28(18-11-16-3-4-17(12-18)25-16)23-7-6-21(26-27-23)20-9-14-2-5-19(30-13-24)8-15(14)10-22(20)29/h2,5-10,16-18,25,29H,3-4,11-13H2,1H3. The van der Waals surface area contributed by atoms with Gasteiger partial charge in [0, 0.05) is 30.7 Å². The lowest BCUT2D eigenvalue weighted by Crippen LogP contribution is -2.47. The molecule has 2 N–H and O–H groups in total. The summed E-state index contributed by atoms with van der Waals surface area (Å²) < 4.78 is 17.3. The maximum Gasteiger partial charge on any atom is 0.228 e. The van der Waals surface area contributed by atoms with Crippen LogP contribution in [0.1, 0.15) is 25.7 Å². The summed E-state index contributed by atoms with van der Waals surface area (Å²) in [6, 6.07) is 14.3. The second-order valence-corrected chi connectivity index (χ2v) is 8.28. The highest BCUT2D eigenvalue weighted by Crippen LogP contribution is 2.35. The van der Waals surface area contributed by atoms with Crippen LogP contribution in [0.3, 0.4) is 0 Å². The Bertz CT molecular complexity index is 1050. The molecule has 3 heterocycles. The van der Waals surface area contributed by atoms with Gasteiger partial charge in [0.15, 0.2) is 5.82 Å². The molecule has 0 amide bonds. The van der Waals surface area contributed by atoms with E-state index in [9.17, 15) is 9.50 Å². The summed E-state index contributed by atoms with van der Waals surface area (Å²) in [6.07, 6.45) is 4.80. The van der Waals surface area contributed by atoms with Crippen molar-refractivity contribution >= 4 is 16.6 Å². The molecule has 30 heavy (non-hydrogen) atoms. The number of hydrogen-bond donors (Lipinski definition) is 2. The molecule has 3 aromatic rings.